The van der Waals surface area contributed by atoms with Gasteiger partial charge in [-0.1, -0.05) is 20.8 Å². The van der Waals surface area contributed by atoms with E-state index in [2.05, 4.69) is 32.6 Å². The molecule has 2 N–H and O–H groups in total. The van der Waals surface area contributed by atoms with E-state index in [0.717, 1.165) is 26.2 Å². The van der Waals surface area contributed by atoms with Gasteiger partial charge in [0.1, 0.15) is 0 Å². The molecular formula is C13H27N3O. The Morgan fingerprint density at radius 2 is 2.06 bits per heavy atom. The van der Waals surface area contributed by atoms with Crippen molar-refractivity contribution in [3.05, 3.63) is 0 Å². The van der Waals surface area contributed by atoms with Crippen LogP contribution in [-0.2, 0) is 4.79 Å². The summed E-state index contributed by atoms with van der Waals surface area (Å²) in [5.41, 5.74) is 5.95. The summed E-state index contributed by atoms with van der Waals surface area (Å²) in [6.45, 7) is 12.2. The van der Waals surface area contributed by atoms with Gasteiger partial charge in [0.2, 0.25) is 5.91 Å². The third-order valence-corrected chi connectivity index (χ3v) is 3.79. The van der Waals surface area contributed by atoms with E-state index < -0.39 is 0 Å². The summed E-state index contributed by atoms with van der Waals surface area (Å²) < 4.78 is 0. The van der Waals surface area contributed by atoms with Gasteiger partial charge in [-0.05, 0) is 19.4 Å². The first-order valence-electron chi connectivity index (χ1n) is 6.73. The number of rotatable bonds is 4. The fourth-order valence-corrected chi connectivity index (χ4v) is 2.26. The van der Waals surface area contributed by atoms with E-state index in [9.17, 15) is 4.79 Å². The molecule has 1 fully saturated rings. The first kappa shape index (κ1) is 14.5. The molecule has 100 valence electrons. The van der Waals surface area contributed by atoms with E-state index >= 15 is 0 Å². The van der Waals surface area contributed by atoms with E-state index in [1.165, 1.54) is 0 Å². The van der Waals surface area contributed by atoms with Gasteiger partial charge >= 0.3 is 0 Å². The van der Waals surface area contributed by atoms with Gasteiger partial charge in [0.15, 0.2) is 0 Å². The van der Waals surface area contributed by atoms with Gasteiger partial charge in [-0.2, -0.15) is 0 Å². The van der Waals surface area contributed by atoms with Crippen molar-refractivity contribution < 1.29 is 4.79 Å². The van der Waals surface area contributed by atoms with E-state index in [4.69, 9.17) is 5.73 Å². The van der Waals surface area contributed by atoms with Crippen LogP contribution in [0.4, 0.5) is 0 Å². The highest BCUT2D eigenvalue weighted by atomic mass is 16.2. The molecule has 1 rings (SSSR count). The highest BCUT2D eigenvalue weighted by Gasteiger charge is 2.26. The molecule has 0 bridgehead atoms. The van der Waals surface area contributed by atoms with Crippen LogP contribution in [0.2, 0.25) is 0 Å². The number of piperazine rings is 1. The normalized spacial score (nSPS) is 24.1. The predicted molar refractivity (Wildman–Crippen MR) is 70.7 cm³/mol. The average Bonchev–Trinajstić information content (AvgIpc) is 2.28. The van der Waals surface area contributed by atoms with Crippen LogP contribution in [0.3, 0.4) is 0 Å². The Balaban J connectivity index is 2.44. The number of likely N-dealkylation sites (N-methyl/N-ethyl adjacent to an activating group) is 1. The summed E-state index contributed by atoms with van der Waals surface area (Å²) in [4.78, 5) is 16.5. The van der Waals surface area contributed by atoms with Crippen molar-refractivity contribution in [3.63, 3.8) is 0 Å². The lowest BCUT2D eigenvalue weighted by Crippen LogP contribution is -2.54. The summed E-state index contributed by atoms with van der Waals surface area (Å²) in [6.07, 6.45) is 0.483. The molecular weight excluding hydrogens is 214 g/mol. The Morgan fingerprint density at radius 1 is 1.41 bits per heavy atom. The molecule has 1 amide bonds. The van der Waals surface area contributed by atoms with Crippen LogP contribution >= 0.6 is 0 Å². The number of nitrogens with zero attached hydrogens (tertiary/aromatic N) is 2. The van der Waals surface area contributed by atoms with Crippen LogP contribution in [0, 0.1) is 5.92 Å². The summed E-state index contributed by atoms with van der Waals surface area (Å²) in [6, 6.07) is 0.454. The van der Waals surface area contributed by atoms with Crippen molar-refractivity contribution in [1.29, 1.82) is 0 Å². The van der Waals surface area contributed by atoms with Crippen molar-refractivity contribution in [2.45, 2.75) is 46.2 Å². The minimum atomic E-state index is -0.0120. The minimum absolute atomic E-state index is 0.0120. The first-order chi connectivity index (χ1) is 7.95. The molecule has 0 aromatic heterocycles. The number of hydrogen-bond donors (Lipinski definition) is 1. The molecule has 17 heavy (non-hydrogen) atoms. The smallest absolute Gasteiger partial charge is 0.224 e. The average molecular weight is 241 g/mol. The lowest BCUT2D eigenvalue weighted by atomic mass is 10.0. The molecule has 2 unspecified atom stereocenters. The molecule has 1 aliphatic heterocycles. The summed E-state index contributed by atoms with van der Waals surface area (Å²) in [7, 11) is 0. The Bertz CT molecular complexity index is 255. The number of carbonyl (C=O) groups excluding carboxylic acids is 1. The number of nitrogens with two attached hydrogens (primary N) is 1. The van der Waals surface area contributed by atoms with Gasteiger partial charge in [0.25, 0.3) is 0 Å². The van der Waals surface area contributed by atoms with E-state index in [1.54, 1.807) is 0 Å². The predicted octanol–water partition coefficient (Wildman–Crippen LogP) is 0.912. The number of hydrogen-bond acceptors (Lipinski definition) is 3. The van der Waals surface area contributed by atoms with Crippen LogP contribution in [0.1, 0.15) is 34.1 Å². The number of amides is 1. The second-order valence-electron chi connectivity index (χ2n) is 5.43. The van der Waals surface area contributed by atoms with Crippen LogP contribution < -0.4 is 5.73 Å². The molecule has 0 aromatic rings. The van der Waals surface area contributed by atoms with Crippen LogP contribution in [0.5, 0.6) is 0 Å². The quantitative estimate of drug-likeness (QED) is 0.796. The summed E-state index contributed by atoms with van der Waals surface area (Å²) in [5.74, 6) is 0.585. The maximum absolute atomic E-state index is 12.1. The second kappa shape index (κ2) is 6.36. The standard InChI is InChI=1S/C13H27N3O/c1-5-15-6-7-16(9-11(15)4)13(17)8-12(14)10(2)3/h10-12H,5-9,14H2,1-4H3. The maximum atomic E-state index is 12.1. The van der Waals surface area contributed by atoms with Crippen molar-refractivity contribution in [1.82, 2.24) is 9.80 Å². The van der Waals surface area contributed by atoms with E-state index in [-0.39, 0.29) is 11.9 Å². The molecule has 0 aromatic carbocycles. The largest absolute Gasteiger partial charge is 0.340 e. The zero-order valence-electron chi connectivity index (χ0n) is 11.6. The third kappa shape index (κ3) is 3.96. The van der Waals surface area contributed by atoms with Gasteiger partial charge in [-0.15, -0.1) is 0 Å². The number of carbonyl (C=O) groups is 1. The molecule has 4 heteroatoms. The van der Waals surface area contributed by atoms with Crippen molar-refractivity contribution >= 4 is 5.91 Å². The fraction of sp³-hybridized carbons (Fsp3) is 0.923. The van der Waals surface area contributed by atoms with Gasteiger partial charge in [0, 0.05) is 38.1 Å². The Hall–Kier alpha value is -0.610. The molecule has 1 aliphatic rings. The van der Waals surface area contributed by atoms with Gasteiger partial charge in [0.05, 0.1) is 0 Å². The van der Waals surface area contributed by atoms with Crippen LogP contribution in [-0.4, -0.2) is 54.0 Å². The highest BCUT2D eigenvalue weighted by Crippen LogP contribution is 2.12. The summed E-state index contributed by atoms with van der Waals surface area (Å²) >= 11 is 0. The Morgan fingerprint density at radius 3 is 2.53 bits per heavy atom. The maximum Gasteiger partial charge on any atom is 0.224 e. The monoisotopic (exact) mass is 241 g/mol. The molecule has 1 saturated heterocycles. The molecule has 0 radical (unpaired) electrons. The third-order valence-electron chi connectivity index (χ3n) is 3.79. The molecule has 1 heterocycles. The highest BCUT2D eigenvalue weighted by molar-refractivity contribution is 5.77. The summed E-state index contributed by atoms with van der Waals surface area (Å²) in [5, 5.41) is 0. The van der Waals surface area contributed by atoms with Crippen molar-refractivity contribution in [2.24, 2.45) is 11.7 Å². The zero-order chi connectivity index (χ0) is 13.0. The molecule has 0 aliphatic carbocycles. The van der Waals surface area contributed by atoms with E-state index in [0.29, 0.717) is 18.4 Å². The lowest BCUT2D eigenvalue weighted by molar-refractivity contribution is -0.134. The van der Waals surface area contributed by atoms with Crippen LogP contribution in [0.25, 0.3) is 0 Å². The van der Waals surface area contributed by atoms with E-state index in [1.807, 2.05) is 4.90 Å². The fourth-order valence-electron chi connectivity index (χ4n) is 2.26. The molecule has 0 spiro atoms. The van der Waals surface area contributed by atoms with Crippen molar-refractivity contribution in [3.8, 4) is 0 Å². The Kier molecular flexibility index (Phi) is 5.40. The first-order valence-corrected chi connectivity index (χ1v) is 6.73. The van der Waals surface area contributed by atoms with Crippen molar-refractivity contribution in [2.75, 3.05) is 26.2 Å². The lowest BCUT2D eigenvalue weighted by Gasteiger charge is -2.39. The SMILES string of the molecule is CCN1CCN(C(=O)CC(N)C(C)C)CC1C. The minimum Gasteiger partial charge on any atom is -0.340 e. The van der Waals surface area contributed by atoms with Gasteiger partial charge in [-0.25, -0.2) is 0 Å². The Labute approximate surface area is 105 Å². The second-order valence-corrected chi connectivity index (χ2v) is 5.43. The zero-order valence-corrected chi connectivity index (χ0v) is 11.6. The molecule has 0 saturated carbocycles. The molecule has 4 nitrogen and oxygen atoms in total. The van der Waals surface area contributed by atoms with Crippen LogP contribution in [0.15, 0.2) is 0 Å². The van der Waals surface area contributed by atoms with Gasteiger partial charge < -0.3 is 10.6 Å². The van der Waals surface area contributed by atoms with Gasteiger partial charge in [-0.3, -0.25) is 9.69 Å². The topological polar surface area (TPSA) is 49.6 Å². The molecule has 2 atom stereocenters.